The molecular weight excluding hydrogens is 1830 g/mol. The minimum absolute atomic E-state index is 0.0469. The molecule has 756 valence electrons. The molecule has 0 spiro atoms. The van der Waals surface area contributed by atoms with Gasteiger partial charge in [0.25, 0.3) is 17.6 Å². The second-order valence-electron chi connectivity index (χ2n) is 34.0. The Kier molecular flexibility index (Phi) is 49.9. The number of aldehydes is 1. The molecule has 16 unspecified atom stereocenters. The number of esters is 12. The monoisotopic (exact) mass is 1960 g/mol. The van der Waals surface area contributed by atoms with Crippen molar-refractivity contribution in [3.63, 3.8) is 0 Å². The Bertz CT molecular complexity index is 4250. The van der Waals surface area contributed by atoms with Crippen molar-refractivity contribution in [2.24, 2.45) is 0 Å². The van der Waals surface area contributed by atoms with Crippen molar-refractivity contribution in [2.75, 3.05) is 133 Å². The van der Waals surface area contributed by atoms with Crippen molar-refractivity contribution in [1.82, 2.24) is 42.2 Å². The van der Waals surface area contributed by atoms with Crippen LogP contribution >= 0.6 is 35.2 Å². The van der Waals surface area contributed by atoms with E-state index in [1.54, 1.807) is 6.92 Å². The second-order valence-corrected chi connectivity index (χ2v) is 35.5. The SMILES string of the molecule is CC(=O)C(=O)C(C)OC(=O)C(C)OC(=O)C(C)OC(=O)C(C)OC(CNC(C)(C)C)COc1nsnc1N1CCOCC1.CC(C=O)OC(=O)C(C)OC(=O)C(C)OC(=O)C(C)OC(CNC(C)(C)C)COc1nsnc1N1CCOCC1.CCCC(=O)OC(C)C(=O)OC(C)C(=O)OC(C)C(=O)OC(C)C(=O)OC(C)C(=O)OC(CNC(C)(C)C)COc1nsnc1N1CCOCC1. The summed E-state index contributed by atoms with van der Waals surface area (Å²) in [4.78, 5) is 188. The van der Waals surface area contributed by atoms with E-state index in [1.165, 1.54) is 90.0 Å². The normalized spacial score (nSPS) is 17.1. The molecule has 3 saturated heterocycles. The van der Waals surface area contributed by atoms with Crippen LogP contribution in [0.3, 0.4) is 0 Å². The van der Waals surface area contributed by atoms with Crippen LogP contribution in [0.1, 0.15) is 179 Å². The lowest BCUT2D eigenvalue weighted by molar-refractivity contribution is -0.187. The lowest BCUT2D eigenvalue weighted by Gasteiger charge is -2.28. The highest BCUT2D eigenvalue weighted by atomic mass is 32.1. The minimum atomic E-state index is -1.51. The van der Waals surface area contributed by atoms with Crippen molar-refractivity contribution in [2.45, 2.75) is 293 Å². The number of anilines is 3. The second kappa shape index (κ2) is 57.6. The van der Waals surface area contributed by atoms with Crippen LogP contribution in [0, 0.1) is 0 Å². The number of hydrogen-bond donors (Lipinski definition) is 3. The maximum absolute atomic E-state index is 13.0. The third-order valence-corrected chi connectivity index (χ3v) is 19.9. The number of ketones is 2. The third-order valence-electron chi connectivity index (χ3n) is 18.4. The van der Waals surface area contributed by atoms with Crippen LogP contribution in [-0.2, 0) is 152 Å². The molecule has 3 N–H and O–H groups in total. The van der Waals surface area contributed by atoms with Gasteiger partial charge < -0.3 is 125 Å². The molecule has 134 heavy (non-hydrogen) atoms. The molecule has 3 aromatic rings. The average molecular weight is 1970 g/mol. The summed E-state index contributed by atoms with van der Waals surface area (Å²) in [5.74, 6) is -10.1. The minimum Gasteiger partial charge on any atom is -0.472 e. The van der Waals surface area contributed by atoms with Gasteiger partial charge in [-0.2, -0.15) is 13.1 Å². The highest BCUT2D eigenvalue weighted by Crippen LogP contribution is 2.30. The number of hydrogen-bond acceptors (Lipinski definition) is 50. The topological polar surface area (TPSA) is 564 Å². The number of carbonyl (C=O) groups is 15. The first-order chi connectivity index (χ1) is 62.8. The predicted molar refractivity (Wildman–Crippen MR) is 475 cm³/mol. The molecule has 3 aliphatic heterocycles. The molecule has 6 heterocycles. The highest BCUT2D eigenvalue weighted by molar-refractivity contribution is 7.00. The summed E-state index contributed by atoms with van der Waals surface area (Å²) >= 11 is 3.06. The van der Waals surface area contributed by atoms with Crippen LogP contribution < -0.4 is 44.9 Å². The van der Waals surface area contributed by atoms with Crippen molar-refractivity contribution >= 4 is 142 Å². The van der Waals surface area contributed by atoms with E-state index in [-0.39, 0.29) is 49.4 Å². The lowest BCUT2D eigenvalue weighted by Crippen LogP contribution is -2.45. The number of nitrogens with zero attached hydrogens (tertiary/aromatic N) is 9. The Morgan fingerprint density at radius 3 is 0.843 bits per heavy atom. The standard InChI is InChI=1S/C32H50N4O14S.C27H42N4O11S.C25H40N4O10S/c1-10-11-24(37)45-18(2)27(38)46-19(3)28(39)47-20(4)29(40)48-21(5)30(41)49-22(6)31(42)50-23(16-33-32(7,8)9)17-44-26-25(34-51-35-26)36-12-14-43-15-13-36;1-15(32)21(33)16(2)40-25(35)18(4)42-26(36)19(5)41-24(34)17(3)39-20(13-28-27(6,7)8)14-38-23-22(29-43-30-23)31-9-11-37-12-10-31;1-15(13-30)36-22(31)17(3)38-24(33)18(4)39-23(32)16(2)37-19(12-26-25(5,6)7)14-35-21-20(27-40-28-21)29-8-10-34-11-9-29/h18-23,33H,10-17H2,1-9H3;16-20,28H,9-14H2,1-8H3;13,15-19,26H,8-12,14H2,1-7H3. The summed E-state index contributed by atoms with van der Waals surface area (Å²) in [5, 5.41) is 9.89. The van der Waals surface area contributed by atoms with E-state index in [0.29, 0.717) is 140 Å². The van der Waals surface area contributed by atoms with Gasteiger partial charge in [-0.15, -0.1) is 13.1 Å². The molecule has 0 saturated carbocycles. The fourth-order valence-corrected chi connectivity index (χ4v) is 12.4. The molecule has 16 atom stereocenters. The molecule has 0 aliphatic carbocycles. The van der Waals surface area contributed by atoms with E-state index in [9.17, 15) is 71.9 Å². The van der Waals surface area contributed by atoms with E-state index >= 15 is 0 Å². The zero-order valence-corrected chi connectivity index (χ0v) is 82.9. The van der Waals surface area contributed by atoms with Crippen LogP contribution in [0.4, 0.5) is 17.5 Å². The van der Waals surface area contributed by atoms with Gasteiger partial charge in [0.15, 0.2) is 91.4 Å². The van der Waals surface area contributed by atoms with Crippen LogP contribution in [0.2, 0.25) is 0 Å². The van der Waals surface area contributed by atoms with Gasteiger partial charge in [0.1, 0.15) is 38.1 Å². The number of nitrogens with one attached hydrogen (secondary N) is 3. The molecule has 3 aliphatic rings. The number of ether oxygens (including phenoxy) is 20. The summed E-state index contributed by atoms with van der Waals surface area (Å²) in [6.07, 6.45) is -18.0. The van der Waals surface area contributed by atoms with Crippen LogP contribution in [0.15, 0.2) is 0 Å². The van der Waals surface area contributed by atoms with Crippen LogP contribution in [-0.4, -0.2) is 348 Å². The molecule has 3 fully saturated rings. The quantitative estimate of drug-likeness (QED) is 0.0316. The summed E-state index contributed by atoms with van der Waals surface area (Å²) in [5.41, 5.74) is -0.799. The summed E-state index contributed by atoms with van der Waals surface area (Å²) in [6.45, 7) is 45.7. The molecule has 47 nitrogen and oxygen atoms in total. The van der Waals surface area contributed by atoms with Gasteiger partial charge in [-0.05, 0) is 159 Å². The molecule has 50 heteroatoms. The van der Waals surface area contributed by atoms with E-state index in [0.717, 1.165) is 42.1 Å². The third kappa shape index (κ3) is 43.7. The van der Waals surface area contributed by atoms with Gasteiger partial charge in [-0.1, -0.05) is 6.92 Å². The number of morpholine rings is 3. The number of Topliss-reactive ketones (excluding diaryl/α,β-unsaturated/α-hetero) is 2. The zero-order valence-electron chi connectivity index (χ0n) is 80.5. The number of rotatable bonds is 50. The van der Waals surface area contributed by atoms with E-state index in [2.05, 4.69) is 42.2 Å². The Balaban J connectivity index is 0.000000424. The number of aromatic nitrogens is 6. The van der Waals surface area contributed by atoms with Crippen molar-refractivity contribution in [3.8, 4) is 17.6 Å². The zero-order chi connectivity index (χ0) is 100. The Labute approximate surface area is 791 Å². The van der Waals surface area contributed by atoms with Crippen molar-refractivity contribution in [3.05, 3.63) is 0 Å². The van der Waals surface area contributed by atoms with E-state index < -0.39 is 181 Å². The first kappa shape index (κ1) is 116. The molecule has 0 amide bonds. The van der Waals surface area contributed by atoms with Crippen molar-refractivity contribution < 1.29 is 167 Å². The van der Waals surface area contributed by atoms with E-state index in [1.807, 2.05) is 77.0 Å². The molecule has 0 aromatic carbocycles. The van der Waals surface area contributed by atoms with Gasteiger partial charge in [0, 0.05) is 88.9 Å². The Hall–Kier alpha value is -10.2. The van der Waals surface area contributed by atoms with Gasteiger partial charge >= 0.3 is 71.6 Å². The summed E-state index contributed by atoms with van der Waals surface area (Å²) in [6, 6.07) is 0. The maximum atomic E-state index is 13.0. The van der Waals surface area contributed by atoms with Crippen LogP contribution in [0.25, 0.3) is 0 Å². The molecular formula is C84H132N12O35S3. The smallest absolute Gasteiger partial charge is 0.347 e. The summed E-state index contributed by atoms with van der Waals surface area (Å²) < 4.78 is 133. The van der Waals surface area contributed by atoms with Gasteiger partial charge in [-0.3, -0.25) is 19.2 Å². The predicted octanol–water partition coefficient (Wildman–Crippen LogP) is 3.29. The van der Waals surface area contributed by atoms with Crippen LogP contribution in [0.5, 0.6) is 17.6 Å². The molecule has 3 aromatic heterocycles. The molecule has 0 radical (unpaired) electrons. The van der Waals surface area contributed by atoms with Crippen molar-refractivity contribution in [1.29, 1.82) is 0 Å². The first-order valence-corrected chi connectivity index (χ1v) is 45.8. The fourth-order valence-electron chi connectivity index (χ4n) is 10.8. The summed E-state index contributed by atoms with van der Waals surface area (Å²) in [7, 11) is 0. The number of carbonyl (C=O) groups excluding carboxylic acids is 15. The van der Waals surface area contributed by atoms with Gasteiger partial charge in [-0.25, -0.2) is 52.7 Å². The first-order valence-electron chi connectivity index (χ1n) is 43.7. The average Bonchev–Trinajstić information content (AvgIpc) is 1.66. The Morgan fingerprint density at radius 1 is 0.343 bits per heavy atom. The van der Waals surface area contributed by atoms with Gasteiger partial charge in [0.05, 0.1) is 74.8 Å². The van der Waals surface area contributed by atoms with E-state index in [4.69, 9.17) is 94.7 Å². The largest absolute Gasteiger partial charge is 0.472 e. The fraction of sp³-hybridized carbons (Fsp3) is 0.750. The maximum Gasteiger partial charge on any atom is 0.347 e. The highest BCUT2D eigenvalue weighted by Gasteiger charge is 2.38. The Morgan fingerprint density at radius 2 is 0.582 bits per heavy atom. The molecule has 0 bridgehead atoms. The van der Waals surface area contributed by atoms with Gasteiger partial charge in [0.2, 0.25) is 23.2 Å². The lowest BCUT2D eigenvalue weighted by atomic mass is 10.1. The molecule has 6 rings (SSSR count).